The Bertz CT molecular complexity index is 846. The highest BCUT2D eigenvalue weighted by molar-refractivity contribution is 8.09. The van der Waals surface area contributed by atoms with Gasteiger partial charge in [0.05, 0.1) is 13.2 Å². The number of carbonyl (C=O) groups excluding carboxylic acids is 1. The number of nitrogens with two attached hydrogens (primary N) is 1. The summed E-state index contributed by atoms with van der Waals surface area (Å²) in [7, 11) is -5.46. The van der Waals surface area contributed by atoms with E-state index in [4.69, 9.17) is 10.6 Å². The standard InChI is InChI=1S/C15H28N4O6S2/c1-11-17-26(21,22)14(2,3)27(23,24)19(11)10-15(8-9-15)7-6-12(16)13(20)18(4)25-5/h12H,6-10,16H2,1-5H3/t12-/m0/s1. The van der Waals surface area contributed by atoms with E-state index < -0.39 is 30.2 Å². The molecule has 2 N–H and O–H groups in total. The quantitative estimate of drug-likeness (QED) is 0.568. The lowest BCUT2D eigenvalue weighted by molar-refractivity contribution is -0.170. The number of hydroxylamine groups is 2. The Kier molecular flexibility index (Phi) is 5.70. The minimum absolute atomic E-state index is 0.0555. The number of carbonyl (C=O) groups is 1. The summed E-state index contributed by atoms with van der Waals surface area (Å²) in [6.07, 6.45) is 2.48. The zero-order valence-corrected chi connectivity index (χ0v) is 17.9. The van der Waals surface area contributed by atoms with Crippen molar-refractivity contribution < 1.29 is 26.5 Å². The molecule has 0 aromatic rings. The van der Waals surface area contributed by atoms with Crippen molar-refractivity contribution in [3.63, 3.8) is 0 Å². The van der Waals surface area contributed by atoms with E-state index in [1.165, 1.54) is 21.1 Å². The van der Waals surface area contributed by atoms with Gasteiger partial charge < -0.3 is 5.73 Å². The van der Waals surface area contributed by atoms with Gasteiger partial charge in [-0.25, -0.2) is 21.9 Å². The second kappa shape index (κ2) is 6.98. The van der Waals surface area contributed by atoms with Gasteiger partial charge in [0.15, 0.2) is 0 Å². The van der Waals surface area contributed by atoms with Crippen LogP contribution in [0.15, 0.2) is 4.40 Å². The first kappa shape index (κ1) is 22.1. The van der Waals surface area contributed by atoms with Gasteiger partial charge in [-0.15, -0.1) is 4.40 Å². The van der Waals surface area contributed by atoms with Crippen molar-refractivity contribution in [2.24, 2.45) is 15.5 Å². The lowest BCUT2D eigenvalue weighted by Gasteiger charge is -2.37. The molecule has 0 aromatic carbocycles. The molecule has 0 spiro atoms. The van der Waals surface area contributed by atoms with Crippen LogP contribution in [0.3, 0.4) is 0 Å². The molecule has 2 aliphatic rings. The normalized spacial score (nSPS) is 25.4. The minimum atomic E-state index is -4.16. The van der Waals surface area contributed by atoms with Gasteiger partial charge in [-0.1, -0.05) is 0 Å². The van der Waals surface area contributed by atoms with E-state index >= 15 is 0 Å². The van der Waals surface area contributed by atoms with Crippen molar-refractivity contribution in [3.05, 3.63) is 0 Å². The van der Waals surface area contributed by atoms with Gasteiger partial charge >= 0.3 is 0 Å². The number of amidine groups is 1. The van der Waals surface area contributed by atoms with Crippen LogP contribution in [0.5, 0.6) is 0 Å². The number of hydrogen-bond donors (Lipinski definition) is 1. The van der Waals surface area contributed by atoms with Crippen molar-refractivity contribution in [2.45, 2.75) is 56.6 Å². The Morgan fingerprint density at radius 2 is 1.89 bits per heavy atom. The van der Waals surface area contributed by atoms with Gasteiger partial charge in [0.2, 0.25) is 4.08 Å². The summed E-state index contributed by atoms with van der Waals surface area (Å²) < 4.78 is 52.9. The molecule has 1 saturated carbocycles. The molecule has 1 fully saturated rings. The summed E-state index contributed by atoms with van der Waals surface area (Å²) in [5.41, 5.74) is 5.59. The molecule has 0 radical (unpaired) electrons. The number of rotatable bonds is 7. The molecule has 1 amide bonds. The fraction of sp³-hybridized carbons (Fsp3) is 0.867. The zero-order chi connectivity index (χ0) is 20.8. The van der Waals surface area contributed by atoms with E-state index in [0.29, 0.717) is 12.8 Å². The van der Waals surface area contributed by atoms with Gasteiger partial charge in [0, 0.05) is 13.6 Å². The monoisotopic (exact) mass is 424 g/mol. The Balaban J connectivity index is 2.15. The molecule has 156 valence electrons. The average Bonchev–Trinajstić information content (AvgIpc) is 3.34. The predicted molar refractivity (Wildman–Crippen MR) is 100 cm³/mol. The van der Waals surface area contributed by atoms with Crippen LogP contribution in [0.2, 0.25) is 0 Å². The highest BCUT2D eigenvalue weighted by Crippen LogP contribution is 2.51. The second-order valence-electron chi connectivity index (χ2n) is 7.69. The third-order valence-corrected chi connectivity index (χ3v) is 10.7. The summed E-state index contributed by atoms with van der Waals surface area (Å²) >= 11 is 0. The Labute approximate surface area is 160 Å². The van der Waals surface area contributed by atoms with Crippen molar-refractivity contribution in [1.29, 1.82) is 0 Å². The first-order chi connectivity index (χ1) is 12.2. The van der Waals surface area contributed by atoms with Gasteiger partial charge in [0.25, 0.3) is 26.0 Å². The molecule has 0 aromatic heterocycles. The summed E-state index contributed by atoms with van der Waals surface area (Å²) in [5, 5.41) is 1.06. The molecule has 12 heteroatoms. The number of likely N-dealkylation sites (N-methyl/N-ethyl adjacent to an activating group) is 1. The van der Waals surface area contributed by atoms with Gasteiger partial charge in [-0.05, 0) is 51.9 Å². The highest BCUT2D eigenvalue weighted by atomic mass is 32.3. The van der Waals surface area contributed by atoms with E-state index in [2.05, 4.69) is 4.40 Å². The molecule has 2 rings (SSSR count). The summed E-state index contributed by atoms with van der Waals surface area (Å²) in [6.45, 7) is 3.80. The first-order valence-corrected chi connectivity index (χ1v) is 11.5. The van der Waals surface area contributed by atoms with Crippen LogP contribution in [0.4, 0.5) is 0 Å². The summed E-state index contributed by atoms with van der Waals surface area (Å²) in [4.78, 5) is 16.8. The topological polar surface area (TPSA) is 139 Å². The Hall–Kier alpha value is -1.24. The molecule has 10 nitrogen and oxygen atoms in total. The molecule has 0 bridgehead atoms. The Morgan fingerprint density at radius 1 is 1.33 bits per heavy atom. The van der Waals surface area contributed by atoms with Crippen LogP contribution >= 0.6 is 0 Å². The summed E-state index contributed by atoms with van der Waals surface area (Å²) in [5.74, 6) is -0.413. The van der Waals surface area contributed by atoms with Crippen molar-refractivity contribution in [2.75, 3.05) is 20.7 Å². The maximum Gasteiger partial charge on any atom is 0.276 e. The van der Waals surface area contributed by atoms with E-state index in [1.54, 1.807) is 0 Å². The van der Waals surface area contributed by atoms with Gasteiger partial charge in [-0.3, -0.25) is 13.9 Å². The largest absolute Gasteiger partial charge is 0.320 e. The molecule has 0 unspecified atom stereocenters. The molecule has 1 heterocycles. The van der Waals surface area contributed by atoms with Crippen LogP contribution in [0.1, 0.15) is 46.5 Å². The van der Waals surface area contributed by atoms with Crippen molar-refractivity contribution >= 4 is 31.8 Å². The Morgan fingerprint density at radius 3 is 2.37 bits per heavy atom. The third-order valence-electron chi connectivity index (χ3n) is 5.47. The SMILES string of the molecule is CON(C)C(=O)[C@@H](N)CCC1(CN2C(C)=NS(=O)(=O)C(C)(C)S2(=O)=O)CC1. The predicted octanol–water partition coefficient (Wildman–Crippen LogP) is 0.0236. The maximum atomic E-state index is 12.9. The molecule has 27 heavy (non-hydrogen) atoms. The molecule has 1 atom stereocenters. The highest BCUT2D eigenvalue weighted by Gasteiger charge is 2.56. The van der Waals surface area contributed by atoms with E-state index in [0.717, 1.165) is 36.1 Å². The van der Waals surface area contributed by atoms with Crippen LogP contribution in [0.25, 0.3) is 0 Å². The van der Waals surface area contributed by atoms with Crippen LogP contribution in [-0.2, 0) is 29.7 Å². The first-order valence-electron chi connectivity index (χ1n) is 8.61. The molecule has 1 aliphatic heterocycles. The minimum Gasteiger partial charge on any atom is -0.320 e. The van der Waals surface area contributed by atoms with Crippen LogP contribution < -0.4 is 5.73 Å². The lowest BCUT2D eigenvalue weighted by Crippen LogP contribution is -2.55. The smallest absolute Gasteiger partial charge is 0.276 e. The van der Waals surface area contributed by atoms with Gasteiger partial charge in [-0.2, -0.15) is 0 Å². The molecular formula is C15H28N4O6S2. The third kappa shape index (κ3) is 3.84. The lowest BCUT2D eigenvalue weighted by atomic mass is 9.96. The second-order valence-corrected chi connectivity index (χ2v) is 12.5. The maximum absolute atomic E-state index is 12.9. The number of nitrogens with zero attached hydrogens (tertiary/aromatic N) is 3. The fourth-order valence-electron chi connectivity index (χ4n) is 2.98. The van der Waals surface area contributed by atoms with Crippen molar-refractivity contribution in [3.8, 4) is 0 Å². The molecule has 1 aliphatic carbocycles. The average molecular weight is 425 g/mol. The van der Waals surface area contributed by atoms with Crippen LogP contribution in [-0.4, -0.2) is 68.8 Å². The zero-order valence-electron chi connectivity index (χ0n) is 16.3. The summed E-state index contributed by atoms with van der Waals surface area (Å²) in [6, 6.07) is -0.753. The number of hydrogen-bond acceptors (Lipinski definition) is 7. The van der Waals surface area contributed by atoms with Crippen molar-refractivity contribution in [1.82, 2.24) is 9.37 Å². The van der Waals surface area contributed by atoms with E-state index in [-0.39, 0.29) is 23.7 Å². The number of sulfonamides is 2. The number of amides is 1. The van der Waals surface area contributed by atoms with Crippen LogP contribution in [0, 0.1) is 5.41 Å². The molecular weight excluding hydrogens is 396 g/mol. The fourth-order valence-corrected chi connectivity index (χ4v) is 6.51. The molecule has 0 saturated heterocycles. The van der Waals surface area contributed by atoms with Gasteiger partial charge in [0.1, 0.15) is 5.84 Å². The van der Waals surface area contributed by atoms with E-state index in [1.807, 2.05) is 0 Å². The van der Waals surface area contributed by atoms with E-state index in [9.17, 15) is 21.6 Å².